The van der Waals surface area contributed by atoms with Gasteiger partial charge in [-0.25, -0.2) is 17.3 Å². The van der Waals surface area contributed by atoms with Gasteiger partial charge in [0.25, 0.3) is 0 Å². The average Bonchev–Trinajstić information content (AvgIpc) is 3.06. The third-order valence-electron chi connectivity index (χ3n) is 5.76. The summed E-state index contributed by atoms with van der Waals surface area (Å²) in [6.07, 6.45) is 10.5. The first-order chi connectivity index (χ1) is 15.0. The van der Waals surface area contributed by atoms with Crippen LogP contribution in [0.2, 0.25) is 0 Å². The van der Waals surface area contributed by atoms with E-state index in [-0.39, 0.29) is 10.8 Å². The molecule has 0 bridgehead atoms. The molecule has 1 aliphatic heterocycles. The fraction of sp³-hybridized carbons (Fsp3) is 0.391. The van der Waals surface area contributed by atoms with Gasteiger partial charge in [0.2, 0.25) is 10.0 Å². The first kappa shape index (κ1) is 22.2. The molecule has 1 aliphatic carbocycles. The highest BCUT2D eigenvalue weighted by molar-refractivity contribution is 7.89. The molecule has 2 heterocycles. The molecular weight excluding hydrogens is 432 g/mol. The molecule has 6 nitrogen and oxygen atoms in total. The van der Waals surface area contributed by atoms with Crippen molar-refractivity contribution < 1.29 is 17.4 Å². The number of ether oxygens (including phenoxy) is 1. The Labute approximate surface area is 186 Å². The van der Waals surface area contributed by atoms with Gasteiger partial charge >= 0.3 is 0 Å². The Morgan fingerprint density at radius 2 is 1.94 bits per heavy atom. The van der Waals surface area contributed by atoms with Gasteiger partial charge in [-0.3, -0.25) is 3.97 Å². The summed E-state index contributed by atoms with van der Waals surface area (Å²) in [6.45, 7) is 3.73. The van der Waals surface area contributed by atoms with E-state index < -0.39 is 21.0 Å². The second-order valence-corrected chi connectivity index (χ2v) is 10.9. The Kier molecular flexibility index (Phi) is 6.91. The van der Waals surface area contributed by atoms with Crippen LogP contribution >= 0.6 is 0 Å². The van der Waals surface area contributed by atoms with Crippen LogP contribution in [-0.2, 0) is 25.7 Å². The molecule has 1 fully saturated rings. The predicted octanol–water partition coefficient (Wildman–Crippen LogP) is 2.06. The normalized spacial score (nSPS) is 18.3. The number of fused-ring (bicyclic) bond motifs is 1. The van der Waals surface area contributed by atoms with Crippen LogP contribution in [-0.4, -0.2) is 36.4 Å². The molecule has 1 atom stereocenters. The fourth-order valence-corrected chi connectivity index (χ4v) is 6.60. The lowest BCUT2D eigenvalue weighted by Crippen LogP contribution is -2.37. The van der Waals surface area contributed by atoms with Gasteiger partial charge in [0, 0.05) is 31.2 Å². The van der Waals surface area contributed by atoms with E-state index in [0.717, 1.165) is 18.4 Å². The van der Waals surface area contributed by atoms with Crippen molar-refractivity contribution >= 4 is 32.7 Å². The number of sulfonamides is 1. The lowest BCUT2D eigenvalue weighted by atomic mass is 10.0. The maximum Gasteiger partial charge on any atom is 0.242 e. The van der Waals surface area contributed by atoms with Crippen LogP contribution in [0, 0.1) is 5.92 Å². The summed E-state index contributed by atoms with van der Waals surface area (Å²) in [5.41, 5.74) is 0.930. The standard InChI is InChI=1S/C23H28N2O4S2/c1-2-19-8-6-7-11-21-23(19)22(17-25(21)30(26)20-9-4-3-5-10-20)31(27,28)24-16-18-12-14-29-15-13-18/h3-6,8-11,17-18,24H,2,7,12-16H2,1H3. The lowest BCUT2D eigenvalue weighted by Gasteiger charge is -2.22. The Hall–Kier alpha value is -2.00. The van der Waals surface area contributed by atoms with Gasteiger partial charge in [0.05, 0.1) is 10.2 Å². The Morgan fingerprint density at radius 3 is 2.65 bits per heavy atom. The fourth-order valence-electron chi connectivity index (χ4n) is 4.01. The van der Waals surface area contributed by atoms with Crippen molar-refractivity contribution in [2.45, 2.75) is 42.4 Å². The molecule has 1 unspecified atom stereocenters. The van der Waals surface area contributed by atoms with Crippen LogP contribution in [0.15, 0.2) is 58.5 Å². The SMILES string of the molecule is CCC1=c2c(S(=O)(=O)NCC3CCOCC3)cn(S(=O)c3ccccc3)c2=CCC=C1. The van der Waals surface area contributed by atoms with Crippen LogP contribution in [0.3, 0.4) is 0 Å². The largest absolute Gasteiger partial charge is 0.381 e. The van der Waals surface area contributed by atoms with E-state index in [1.807, 2.05) is 43.4 Å². The van der Waals surface area contributed by atoms with E-state index in [1.165, 1.54) is 6.20 Å². The molecule has 31 heavy (non-hydrogen) atoms. The van der Waals surface area contributed by atoms with Gasteiger partial charge in [-0.05, 0) is 49.3 Å². The zero-order chi connectivity index (χ0) is 21.8. The van der Waals surface area contributed by atoms with E-state index in [1.54, 1.807) is 16.1 Å². The first-order valence-electron chi connectivity index (χ1n) is 10.7. The monoisotopic (exact) mass is 460 g/mol. The van der Waals surface area contributed by atoms with E-state index in [9.17, 15) is 12.6 Å². The van der Waals surface area contributed by atoms with E-state index in [0.29, 0.717) is 48.1 Å². The third-order valence-corrected chi connectivity index (χ3v) is 8.53. The number of allylic oxidation sites excluding steroid dienone is 2. The Bertz CT molecular complexity index is 1210. The summed E-state index contributed by atoms with van der Waals surface area (Å²) >= 11 is 0. The molecule has 1 N–H and O–H groups in total. The molecule has 0 saturated carbocycles. The van der Waals surface area contributed by atoms with Crippen LogP contribution in [0.1, 0.15) is 32.6 Å². The van der Waals surface area contributed by atoms with Gasteiger partial charge in [-0.1, -0.05) is 43.4 Å². The van der Waals surface area contributed by atoms with E-state index in [4.69, 9.17) is 4.74 Å². The molecule has 0 radical (unpaired) electrons. The molecule has 2 aromatic rings. The highest BCUT2D eigenvalue weighted by Crippen LogP contribution is 2.16. The van der Waals surface area contributed by atoms with Crippen molar-refractivity contribution in [3.05, 3.63) is 59.2 Å². The second kappa shape index (κ2) is 9.65. The predicted molar refractivity (Wildman–Crippen MR) is 123 cm³/mol. The van der Waals surface area contributed by atoms with Crippen LogP contribution in [0.25, 0.3) is 11.6 Å². The smallest absolute Gasteiger partial charge is 0.242 e. The van der Waals surface area contributed by atoms with Crippen molar-refractivity contribution in [2.24, 2.45) is 5.92 Å². The number of rotatable bonds is 7. The van der Waals surface area contributed by atoms with E-state index >= 15 is 0 Å². The van der Waals surface area contributed by atoms with Crippen molar-refractivity contribution in [3.8, 4) is 0 Å². The number of aromatic nitrogens is 1. The van der Waals surface area contributed by atoms with Gasteiger partial charge in [-0.2, -0.15) is 0 Å². The minimum absolute atomic E-state index is 0.193. The quantitative estimate of drug-likeness (QED) is 0.686. The highest BCUT2D eigenvalue weighted by atomic mass is 32.2. The Balaban J connectivity index is 1.81. The first-order valence-corrected chi connectivity index (χ1v) is 13.3. The average molecular weight is 461 g/mol. The van der Waals surface area contributed by atoms with Gasteiger partial charge < -0.3 is 4.74 Å². The summed E-state index contributed by atoms with van der Waals surface area (Å²) in [4.78, 5) is 0.821. The number of benzene rings is 1. The molecule has 1 aromatic carbocycles. The number of nitrogens with zero attached hydrogens (tertiary/aromatic N) is 1. The highest BCUT2D eigenvalue weighted by Gasteiger charge is 2.25. The molecule has 1 saturated heterocycles. The summed E-state index contributed by atoms with van der Waals surface area (Å²) in [7, 11) is -5.32. The molecule has 8 heteroatoms. The molecule has 1 aromatic heterocycles. The summed E-state index contributed by atoms with van der Waals surface area (Å²) in [5.74, 6) is 0.267. The van der Waals surface area contributed by atoms with Crippen molar-refractivity contribution in [1.29, 1.82) is 0 Å². The molecule has 166 valence electrons. The molecule has 0 spiro atoms. The topological polar surface area (TPSA) is 77.4 Å². The summed E-state index contributed by atoms with van der Waals surface area (Å²) in [6, 6.07) is 9.11. The summed E-state index contributed by atoms with van der Waals surface area (Å²) < 4.78 is 49.9. The van der Waals surface area contributed by atoms with Crippen molar-refractivity contribution in [3.63, 3.8) is 0 Å². The van der Waals surface area contributed by atoms with Crippen LogP contribution in [0.4, 0.5) is 0 Å². The van der Waals surface area contributed by atoms with Gasteiger partial charge in [-0.15, -0.1) is 0 Å². The van der Waals surface area contributed by atoms with Crippen LogP contribution in [0.5, 0.6) is 0 Å². The number of nitrogens with one attached hydrogen (secondary N) is 1. The minimum atomic E-state index is -3.78. The molecule has 0 amide bonds. The summed E-state index contributed by atoms with van der Waals surface area (Å²) in [5, 5.41) is 1.34. The number of hydrogen-bond donors (Lipinski definition) is 1. The van der Waals surface area contributed by atoms with Crippen molar-refractivity contribution in [2.75, 3.05) is 19.8 Å². The number of hydrogen-bond acceptors (Lipinski definition) is 4. The maximum atomic E-state index is 13.4. The zero-order valence-electron chi connectivity index (χ0n) is 17.6. The Morgan fingerprint density at radius 1 is 1.19 bits per heavy atom. The second-order valence-electron chi connectivity index (χ2n) is 7.77. The molecule has 2 aliphatic rings. The van der Waals surface area contributed by atoms with Gasteiger partial charge in [0.1, 0.15) is 4.90 Å². The zero-order valence-corrected chi connectivity index (χ0v) is 19.3. The minimum Gasteiger partial charge on any atom is -0.381 e. The molecule has 4 rings (SSSR count). The van der Waals surface area contributed by atoms with Gasteiger partial charge in [0.15, 0.2) is 11.0 Å². The van der Waals surface area contributed by atoms with Crippen LogP contribution < -0.4 is 15.3 Å². The van der Waals surface area contributed by atoms with Crippen molar-refractivity contribution in [1.82, 2.24) is 8.69 Å². The molecular formula is C23H28N2O4S2. The maximum absolute atomic E-state index is 13.4. The lowest BCUT2D eigenvalue weighted by molar-refractivity contribution is 0.0678. The van der Waals surface area contributed by atoms with E-state index in [2.05, 4.69) is 4.72 Å². The third kappa shape index (κ3) is 4.77.